The van der Waals surface area contributed by atoms with Crippen LogP contribution in [-0.2, 0) is 17.8 Å². The molecule has 5 heteroatoms. The minimum Gasteiger partial charge on any atom is -0.358 e. The van der Waals surface area contributed by atoms with Gasteiger partial charge >= 0.3 is 0 Å². The highest BCUT2D eigenvalue weighted by Gasteiger charge is 2.68. The summed E-state index contributed by atoms with van der Waals surface area (Å²) in [7, 11) is 0. The standard InChI is InChI=1S/C16H16Cl2N2O/c1-15(9-16(15,17)18)14(21)20-7-6-13-11(8-20)10-4-2-3-5-12(10)19-13/h2-5,19H,6-9H2,1H3/t15-/m1/s1. The zero-order valence-electron chi connectivity index (χ0n) is 11.7. The Balaban J connectivity index is 1.66. The molecular formula is C16H16Cl2N2O. The summed E-state index contributed by atoms with van der Waals surface area (Å²) >= 11 is 12.3. The summed E-state index contributed by atoms with van der Waals surface area (Å²) in [4.78, 5) is 18.1. The number of alkyl halides is 2. The summed E-state index contributed by atoms with van der Waals surface area (Å²) in [6.45, 7) is 3.22. The van der Waals surface area contributed by atoms with Gasteiger partial charge in [0, 0.05) is 41.7 Å². The van der Waals surface area contributed by atoms with Crippen molar-refractivity contribution in [3.05, 3.63) is 35.5 Å². The Labute approximate surface area is 133 Å². The first-order chi connectivity index (χ1) is 9.92. The second-order valence-corrected chi connectivity index (χ2v) is 7.80. The summed E-state index contributed by atoms with van der Waals surface area (Å²) in [5.74, 6) is 0.0726. The van der Waals surface area contributed by atoms with Crippen LogP contribution in [0.2, 0.25) is 0 Å². The maximum atomic E-state index is 12.7. The SMILES string of the molecule is C[C@]1(C(=O)N2CCc3[nH]c4ccccc4c3C2)CC1(Cl)Cl. The van der Waals surface area contributed by atoms with E-state index in [9.17, 15) is 4.79 Å². The van der Waals surface area contributed by atoms with Gasteiger partial charge in [-0.15, -0.1) is 23.2 Å². The van der Waals surface area contributed by atoms with Crippen molar-refractivity contribution in [3.8, 4) is 0 Å². The number of fused-ring (bicyclic) bond motifs is 3. The van der Waals surface area contributed by atoms with Crippen molar-refractivity contribution in [2.45, 2.75) is 30.6 Å². The fourth-order valence-corrected chi connectivity index (χ4v) is 4.02. The molecule has 1 amide bonds. The molecule has 3 nitrogen and oxygen atoms in total. The molecule has 1 fully saturated rings. The van der Waals surface area contributed by atoms with E-state index in [-0.39, 0.29) is 5.91 Å². The lowest BCUT2D eigenvalue weighted by atomic mass is 10.0. The zero-order chi connectivity index (χ0) is 14.8. The number of aromatic amines is 1. The minimum absolute atomic E-state index is 0.0726. The van der Waals surface area contributed by atoms with E-state index in [1.54, 1.807) is 0 Å². The van der Waals surface area contributed by atoms with Crippen molar-refractivity contribution in [1.82, 2.24) is 9.88 Å². The third-order valence-electron chi connectivity index (χ3n) is 4.90. The van der Waals surface area contributed by atoms with E-state index in [1.165, 1.54) is 16.6 Å². The number of aromatic nitrogens is 1. The van der Waals surface area contributed by atoms with Crippen LogP contribution in [0.4, 0.5) is 0 Å². The summed E-state index contributed by atoms with van der Waals surface area (Å²) in [5, 5.41) is 1.20. The van der Waals surface area contributed by atoms with Crippen LogP contribution in [0.1, 0.15) is 24.6 Å². The Kier molecular flexibility index (Phi) is 2.68. The van der Waals surface area contributed by atoms with Crippen LogP contribution in [-0.4, -0.2) is 26.7 Å². The van der Waals surface area contributed by atoms with Gasteiger partial charge in [0.05, 0.1) is 5.41 Å². The summed E-state index contributed by atoms with van der Waals surface area (Å²) < 4.78 is -0.898. The second kappa shape index (κ2) is 4.17. The minimum atomic E-state index is -0.898. The maximum absolute atomic E-state index is 12.7. The Morgan fingerprint density at radius 3 is 2.76 bits per heavy atom. The number of H-pyrrole nitrogens is 1. The Morgan fingerprint density at radius 2 is 2.05 bits per heavy atom. The van der Waals surface area contributed by atoms with Crippen molar-refractivity contribution in [1.29, 1.82) is 0 Å². The Hall–Kier alpha value is -1.19. The lowest BCUT2D eigenvalue weighted by Gasteiger charge is -2.30. The predicted molar refractivity (Wildman–Crippen MR) is 84.6 cm³/mol. The van der Waals surface area contributed by atoms with Crippen LogP contribution in [0.25, 0.3) is 10.9 Å². The van der Waals surface area contributed by atoms with Crippen LogP contribution in [0, 0.1) is 5.41 Å². The van der Waals surface area contributed by atoms with Crippen LogP contribution < -0.4 is 0 Å². The number of amides is 1. The van der Waals surface area contributed by atoms with E-state index in [2.05, 4.69) is 17.1 Å². The predicted octanol–water partition coefficient (Wildman–Crippen LogP) is 3.64. The lowest BCUT2D eigenvalue weighted by Crippen LogP contribution is -2.41. The Morgan fingerprint density at radius 1 is 1.33 bits per heavy atom. The Bertz CT molecular complexity index is 752. The normalized spacial score (nSPS) is 26.7. The number of nitrogens with zero attached hydrogens (tertiary/aromatic N) is 1. The second-order valence-electron chi connectivity index (χ2n) is 6.32. The first-order valence-corrected chi connectivity index (χ1v) is 7.94. The fraction of sp³-hybridized carbons (Fsp3) is 0.438. The highest BCUT2D eigenvalue weighted by Crippen LogP contribution is 2.64. The van der Waals surface area contributed by atoms with E-state index < -0.39 is 9.75 Å². The molecule has 4 rings (SSSR count). The molecule has 1 aliphatic carbocycles. The fourth-order valence-electron chi connectivity index (χ4n) is 3.32. The molecule has 21 heavy (non-hydrogen) atoms. The van der Waals surface area contributed by atoms with E-state index >= 15 is 0 Å². The molecule has 1 saturated carbocycles. The monoisotopic (exact) mass is 322 g/mol. The molecular weight excluding hydrogens is 307 g/mol. The smallest absolute Gasteiger partial charge is 0.231 e. The molecule has 2 heterocycles. The molecule has 1 aromatic carbocycles. The van der Waals surface area contributed by atoms with Gasteiger partial charge in [-0.2, -0.15) is 0 Å². The van der Waals surface area contributed by atoms with Gasteiger partial charge in [-0.05, 0) is 19.4 Å². The van der Waals surface area contributed by atoms with Crippen molar-refractivity contribution in [2.24, 2.45) is 5.41 Å². The van der Waals surface area contributed by atoms with Gasteiger partial charge in [-0.1, -0.05) is 18.2 Å². The van der Waals surface area contributed by atoms with Gasteiger partial charge in [0.15, 0.2) is 0 Å². The highest BCUT2D eigenvalue weighted by molar-refractivity contribution is 6.53. The number of halogens is 2. The van der Waals surface area contributed by atoms with Crippen molar-refractivity contribution in [3.63, 3.8) is 0 Å². The first kappa shape index (κ1) is 13.5. The quantitative estimate of drug-likeness (QED) is 0.799. The van der Waals surface area contributed by atoms with Gasteiger partial charge in [0.25, 0.3) is 0 Å². The van der Waals surface area contributed by atoms with Crippen molar-refractivity contribution in [2.75, 3.05) is 6.54 Å². The maximum Gasteiger partial charge on any atom is 0.231 e. The number of hydrogen-bond donors (Lipinski definition) is 1. The molecule has 0 radical (unpaired) electrons. The molecule has 0 saturated heterocycles. The van der Waals surface area contributed by atoms with Crippen LogP contribution in [0.5, 0.6) is 0 Å². The zero-order valence-corrected chi connectivity index (χ0v) is 13.3. The molecule has 110 valence electrons. The van der Waals surface area contributed by atoms with E-state index in [0.717, 1.165) is 18.5 Å². The lowest BCUT2D eigenvalue weighted by molar-refractivity contribution is -0.137. The van der Waals surface area contributed by atoms with Gasteiger partial charge in [0.1, 0.15) is 4.33 Å². The number of benzene rings is 1. The van der Waals surface area contributed by atoms with E-state index in [1.807, 2.05) is 24.0 Å². The first-order valence-electron chi connectivity index (χ1n) is 7.18. The molecule has 1 N–H and O–H groups in total. The average molecular weight is 323 g/mol. The summed E-state index contributed by atoms with van der Waals surface area (Å²) in [6, 6.07) is 8.23. The van der Waals surface area contributed by atoms with Gasteiger partial charge in [0.2, 0.25) is 5.91 Å². The average Bonchev–Trinajstić information content (AvgIpc) is 2.83. The number of hydrogen-bond acceptors (Lipinski definition) is 1. The molecule has 1 aromatic heterocycles. The van der Waals surface area contributed by atoms with Gasteiger partial charge < -0.3 is 9.88 Å². The number of para-hydroxylation sites is 1. The number of carbonyl (C=O) groups excluding carboxylic acids is 1. The summed E-state index contributed by atoms with van der Waals surface area (Å²) in [5.41, 5.74) is 2.98. The molecule has 0 spiro atoms. The summed E-state index contributed by atoms with van der Waals surface area (Å²) in [6.07, 6.45) is 1.39. The van der Waals surface area contributed by atoms with Crippen LogP contribution in [0.15, 0.2) is 24.3 Å². The highest BCUT2D eigenvalue weighted by atomic mass is 35.5. The topological polar surface area (TPSA) is 36.1 Å². The third-order valence-corrected chi connectivity index (χ3v) is 6.00. The number of nitrogens with one attached hydrogen (secondary N) is 1. The largest absolute Gasteiger partial charge is 0.358 e. The number of rotatable bonds is 1. The van der Waals surface area contributed by atoms with Crippen LogP contribution in [0.3, 0.4) is 0 Å². The molecule has 1 atom stereocenters. The van der Waals surface area contributed by atoms with Gasteiger partial charge in [-0.25, -0.2) is 0 Å². The van der Waals surface area contributed by atoms with Crippen LogP contribution >= 0.6 is 23.2 Å². The van der Waals surface area contributed by atoms with E-state index in [0.29, 0.717) is 13.0 Å². The third kappa shape index (κ3) is 1.84. The van der Waals surface area contributed by atoms with Gasteiger partial charge in [-0.3, -0.25) is 4.79 Å². The molecule has 0 bridgehead atoms. The molecule has 2 aliphatic rings. The van der Waals surface area contributed by atoms with Crippen molar-refractivity contribution < 1.29 is 4.79 Å². The van der Waals surface area contributed by atoms with E-state index in [4.69, 9.17) is 23.2 Å². The molecule has 1 aliphatic heterocycles. The molecule has 0 unspecified atom stereocenters. The van der Waals surface area contributed by atoms with Crippen molar-refractivity contribution >= 4 is 40.0 Å². The number of carbonyl (C=O) groups is 1. The molecule has 2 aromatic rings.